The fourth-order valence-electron chi connectivity index (χ4n) is 3.55. The monoisotopic (exact) mass is 475 g/mol. The topological polar surface area (TPSA) is 65.1 Å². The molecule has 0 aliphatic rings. The van der Waals surface area contributed by atoms with Crippen LogP contribution in [0.2, 0.25) is 0 Å². The Morgan fingerprint density at radius 1 is 0.857 bits per heavy atom. The Kier molecular flexibility index (Phi) is 8.53. The first-order valence-electron chi connectivity index (χ1n) is 11.5. The minimum absolute atomic E-state index is 0.164. The van der Waals surface area contributed by atoms with Crippen LogP contribution in [-0.4, -0.2) is 36.7 Å². The standard InChI is InChI=1S/C29H33NO5/c1-29(2,3)35-28(32)30(4)19-21-10-8-13-23(16-21)24-14-9-11-22(17-24)20-34-26-15-7-6-12-25(26)18-27(31)33-5/h6-17H,18-20H2,1-5H3. The van der Waals surface area contributed by atoms with Crippen LogP contribution in [0.4, 0.5) is 4.79 Å². The molecule has 3 rings (SSSR count). The number of benzene rings is 3. The van der Waals surface area contributed by atoms with Crippen molar-refractivity contribution in [2.75, 3.05) is 14.2 Å². The molecule has 184 valence electrons. The summed E-state index contributed by atoms with van der Waals surface area (Å²) < 4.78 is 16.3. The molecular weight excluding hydrogens is 442 g/mol. The maximum atomic E-state index is 12.3. The predicted molar refractivity (Wildman–Crippen MR) is 136 cm³/mol. The Labute approximate surface area is 207 Å². The number of carbonyl (C=O) groups excluding carboxylic acids is 2. The molecule has 0 radical (unpaired) electrons. The second-order valence-electron chi connectivity index (χ2n) is 9.39. The Hall–Kier alpha value is -3.80. The van der Waals surface area contributed by atoms with E-state index in [2.05, 4.69) is 12.1 Å². The maximum Gasteiger partial charge on any atom is 0.410 e. The highest BCUT2D eigenvalue weighted by Gasteiger charge is 2.19. The molecule has 6 heteroatoms. The fourth-order valence-corrected chi connectivity index (χ4v) is 3.55. The number of para-hydroxylation sites is 1. The van der Waals surface area contributed by atoms with E-state index in [1.54, 1.807) is 11.9 Å². The third-order valence-corrected chi connectivity index (χ3v) is 5.24. The molecule has 0 spiro atoms. The summed E-state index contributed by atoms with van der Waals surface area (Å²) in [7, 11) is 3.11. The number of nitrogens with zero attached hydrogens (tertiary/aromatic N) is 1. The van der Waals surface area contributed by atoms with E-state index < -0.39 is 5.60 Å². The number of carbonyl (C=O) groups is 2. The lowest BCUT2D eigenvalue weighted by Gasteiger charge is -2.24. The van der Waals surface area contributed by atoms with Gasteiger partial charge in [0.1, 0.15) is 18.0 Å². The van der Waals surface area contributed by atoms with Crippen molar-refractivity contribution in [1.82, 2.24) is 4.90 Å². The van der Waals surface area contributed by atoms with Crippen molar-refractivity contribution in [2.45, 2.75) is 45.9 Å². The van der Waals surface area contributed by atoms with E-state index in [0.29, 0.717) is 18.9 Å². The van der Waals surface area contributed by atoms with Crippen LogP contribution in [0.25, 0.3) is 11.1 Å². The number of rotatable bonds is 8. The highest BCUT2D eigenvalue weighted by atomic mass is 16.6. The molecule has 0 unspecified atom stereocenters. The minimum atomic E-state index is -0.532. The first-order valence-corrected chi connectivity index (χ1v) is 11.5. The Bertz CT molecular complexity index is 1170. The molecule has 3 aromatic carbocycles. The lowest BCUT2D eigenvalue weighted by molar-refractivity contribution is -0.139. The molecule has 0 aromatic heterocycles. The zero-order valence-electron chi connectivity index (χ0n) is 21.0. The summed E-state index contributed by atoms with van der Waals surface area (Å²) in [6.07, 6.45) is -0.188. The van der Waals surface area contributed by atoms with Gasteiger partial charge in [-0.05, 0) is 61.2 Å². The van der Waals surface area contributed by atoms with Crippen LogP contribution in [0.5, 0.6) is 5.75 Å². The first-order chi connectivity index (χ1) is 16.6. The number of hydrogen-bond acceptors (Lipinski definition) is 5. The van der Waals surface area contributed by atoms with Crippen LogP contribution < -0.4 is 4.74 Å². The lowest BCUT2D eigenvalue weighted by Crippen LogP contribution is -2.33. The summed E-state index contributed by atoms with van der Waals surface area (Å²) >= 11 is 0. The van der Waals surface area contributed by atoms with Gasteiger partial charge in [0.25, 0.3) is 0 Å². The normalized spacial score (nSPS) is 11.0. The zero-order chi connectivity index (χ0) is 25.4. The first kappa shape index (κ1) is 25.8. The van der Waals surface area contributed by atoms with Crippen molar-refractivity contribution in [2.24, 2.45) is 0 Å². The summed E-state index contributed by atoms with van der Waals surface area (Å²) in [6.45, 7) is 6.38. The lowest BCUT2D eigenvalue weighted by atomic mass is 10.0. The summed E-state index contributed by atoms with van der Waals surface area (Å²) in [5.41, 5.74) is 4.37. The molecule has 0 aliphatic carbocycles. The highest BCUT2D eigenvalue weighted by molar-refractivity contribution is 5.73. The zero-order valence-corrected chi connectivity index (χ0v) is 21.0. The predicted octanol–water partition coefficient (Wildman–Crippen LogP) is 6.02. The van der Waals surface area contributed by atoms with Gasteiger partial charge >= 0.3 is 12.1 Å². The molecule has 6 nitrogen and oxygen atoms in total. The highest BCUT2D eigenvalue weighted by Crippen LogP contribution is 2.25. The molecule has 0 aliphatic heterocycles. The number of esters is 1. The second-order valence-corrected chi connectivity index (χ2v) is 9.39. The average Bonchev–Trinajstić information content (AvgIpc) is 2.82. The Balaban J connectivity index is 1.70. The molecule has 35 heavy (non-hydrogen) atoms. The molecule has 0 bridgehead atoms. The van der Waals surface area contributed by atoms with E-state index in [4.69, 9.17) is 14.2 Å². The van der Waals surface area contributed by atoms with Crippen LogP contribution in [0.1, 0.15) is 37.5 Å². The third-order valence-electron chi connectivity index (χ3n) is 5.24. The van der Waals surface area contributed by atoms with Gasteiger partial charge in [0.05, 0.1) is 13.5 Å². The molecule has 0 N–H and O–H groups in total. The largest absolute Gasteiger partial charge is 0.489 e. The van der Waals surface area contributed by atoms with Crippen LogP contribution >= 0.6 is 0 Å². The van der Waals surface area contributed by atoms with Gasteiger partial charge in [0.15, 0.2) is 0 Å². The van der Waals surface area contributed by atoms with Crippen molar-refractivity contribution in [3.63, 3.8) is 0 Å². The summed E-state index contributed by atoms with van der Waals surface area (Å²) in [4.78, 5) is 25.6. The summed E-state index contributed by atoms with van der Waals surface area (Å²) in [6, 6.07) is 23.7. The fraction of sp³-hybridized carbons (Fsp3) is 0.310. The van der Waals surface area contributed by atoms with Gasteiger partial charge in [0, 0.05) is 19.2 Å². The van der Waals surface area contributed by atoms with Gasteiger partial charge in [0.2, 0.25) is 0 Å². The molecule has 0 fully saturated rings. The van der Waals surface area contributed by atoms with Gasteiger partial charge in [-0.25, -0.2) is 4.79 Å². The van der Waals surface area contributed by atoms with Gasteiger partial charge in [-0.2, -0.15) is 0 Å². The van der Waals surface area contributed by atoms with Crippen LogP contribution in [0.3, 0.4) is 0 Å². The molecule has 3 aromatic rings. The number of amides is 1. The molecule has 1 amide bonds. The maximum absolute atomic E-state index is 12.3. The van der Waals surface area contributed by atoms with Crippen molar-refractivity contribution in [1.29, 1.82) is 0 Å². The Morgan fingerprint density at radius 3 is 2.14 bits per heavy atom. The van der Waals surface area contributed by atoms with Crippen molar-refractivity contribution in [3.8, 4) is 16.9 Å². The minimum Gasteiger partial charge on any atom is -0.489 e. The molecule has 0 saturated carbocycles. The van der Waals surface area contributed by atoms with Crippen LogP contribution in [-0.2, 0) is 33.8 Å². The van der Waals surface area contributed by atoms with Crippen molar-refractivity contribution in [3.05, 3.63) is 89.5 Å². The SMILES string of the molecule is COC(=O)Cc1ccccc1OCc1cccc(-c2cccc(CN(C)C(=O)OC(C)(C)C)c2)c1. The number of ether oxygens (including phenoxy) is 3. The number of hydrogen-bond donors (Lipinski definition) is 0. The van der Waals surface area contributed by atoms with Crippen LogP contribution in [0.15, 0.2) is 72.8 Å². The average molecular weight is 476 g/mol. The smallest absolute Gasteiger partial charge is 0.410 e. The quantitative estimate of drug-likeness (QED) is 0.373. The second kappa shape index (κ2) is 11.6. The van der Waals surface area contributed by atoms with E-state index in [-0.39, 0.29) is 18.5 Å². The van der Waals surface area contributed by atoms with E-state index >= 15 is 0 Å². The Morgan fingerprint density at radius 2 is 1.49 bits per heavy atom. The third kappa shape index (κ3) is 7.88. The van der Waals surface area contributed by atoms with E-state index in [1.807, 2.05) is 81.4 Å². The summed E-state index contributed by atoms with van der Waals surface area (Å²) in [5, 5.41) is 0. The number of methoxy groups -OCH3 is 1. The molecule has 0 atom stereocenters. The summed E-state index contributed by atoms with van der Waals surface area (Å²) in [5.74, 6) is 0.357. The van der Waals surface area contributed by atoms with E-state index in [1.165, 1.54) is 7.11 Å². The molecule has 0 saturated heterocycles. The molecule has 0 heterocycles. The van der Waals surface area contributed by atoms with Crippen molar-refractivity contribution >= 4 is 12.1 Å². The van der Waals surface area contributed by atoms with E-state index in [0.717, 1.165) is 27.8 Å². The molecular formula is C29H33NO5. The van der Waals surface area contributed by atoms with Crippen molar-refractivity contribution < 1.29 is 23.8 Å². The van der Waals surface area contributed by atoms with Gasteiger partial charge in [-0.1, -0.05) is 54.6 Å². The van der Waals surface area contributed by atoms with E-state index in [9.17, 15) is 9.59 Å². The van der Waals surface area contributed by atoms with Gasteiger partial charge < -0.3 is 19.1 Å². The van der Waals surface area contributed by atoms with Gasteiger partial charge in [-0.15, -0.1) is 0 Å². The van der Waals surface area contributed by atoms with Crippen LogP contribution in [0, 0.1) is 0 Å². The van der Waals surface area contributed by atoms with Gasteiger partial charge in [-0.3, -0.25) is 4.79 Å².